The zero-order chi connectivity index (χ0) is 14.0. The van der Waals surface area contributed by atoms with Gasteiger partial charge >= 0.3 is 5.97 Å². The summed E-state index contributed by atoms with van der Waals surface area (Å²) in [4.78, 5) is 14.2. The predicted octanol–water partition coefficient (Wildman–Crippen LogP) is 4.30. The molecule has 0 radical (unpaired) electrons. The number of aromatic carboxylic acids is 1. The molecule has 5 heteroatoms. The third-order valence-electron chi connectivity index (χ3n) is 3.11. The average molecular weight is 296 g/mol. The van der Waals surface area contributed by atoms with Crippen LogP contribution in [0.4, 0.5) is 5.69 Å². The first kappa shape index (κ1) is 13.9. The number of rotatable bonds is 4. The van der Waals surface area contributed by atoms with Crippen LogP contribution in [-0.4, -0.2) is 18.1 Å². The van der Waals surface area contributed by atoms with Gasteiger partial charge in [0.1, 0.15) is 0 Å². The predicted molar refractivity (Wildman–Crippen MR) is 79.5 cm³/mol. The molecule has 1 aromatic heterocycles. The van der Waals surface area contributed by atoms with Crippen LogP contribution in [0.5, 0.6) is 0 Å². The Hall–Kier alpha value is -1.52. The van der Waals surface area contributed by atoms with E-state index in [1.165, 1.54) is 10.9 Å². The highest BCUT2D eigenvalue weighted by molar-refractivity contribution is 7.10. The largest absolute Gasteiger partial charge is 0.478 e. The summed E-state index contributed by atoms with van der Waals surface area (Å²) in [6, 6.07) is 9.08. The van der Waals surface area contributed by atoms with Gasteiger partial charge in [-0.25, -0.2) is 4.79 Å². The highest BCUT2D eigenvalue weighted by Gasteiger charge is 2.16. The summed E-state index contributed by atoms with van der Waals surface area (Å²) in [5.74, 6) is -0.970. The number of thiophene rings is 1. The Morgan fingerprint density at radius 3 is 2.68 bits per heavy atom. The van der Waals surface area contributed by atoms with Crippen molar-refractivity contribution >= 4 is 34.6 Å². The Balaban J connectivity index is 2.29. The lowest BCUT2D eigenvalue weighted by atomic mass is 10.1. The summed E-state index contributed by atoms with van der Waals surface area (Å²) in [6.45, 7) is 2.09. The van der Waals surface area contributed by atoms with Gasteiger partial charge in [-0.15, -0.1) is 11.3 Å². The number of anilines is 1. The molecule has 0 aliphatic rings. The van der Waals surface area contributed by atoms with Gasteiger partial charge in [-0.05, 0) is 36.6 Å². The van der Waals surface area contributed by atoms with Gasteiger partial charge < -0.3 is 10.0 Å². The van der Waals surface area contributed by atoms with E-state index in [-0.39, 0.29) is 11.6 Å². The molecule has 3 nitrogen and oxygen atoms in total. The van der Waals surface area contributed by atoms with Gasteiger partial charge in [0.15, 0.2) is 0 Å². The summed E-state index contributed by atoms with van der Waals surface area (Å²) in [5.41, 5.74) is 1.03. The van der Waals surface area contributed by atoms with Crippen LogP contribution in [0, 0.1) is 0 Å². The average Bonchev–Trinajstić information content (AvgIpc) is 2.90. The smallest absolute Gasteiger partial charge is 0.335 e. The molecule has 1 unspecified atom stereocenters. The molecule has 0 bridgehead atoms. The maximum absolute atomic E-state index is 10.9. The Kier molecular flexibility index (Phi) is 4.12. The third-order valence-corrected chi connectivity index (χ3v) is 4.46. The highest BCUT2D eigenvalue weighted by atomic mass is 35.5. The Morgan fingerprint density at radius 2 is 2.16 bits per heavy atom. The third kappa shape index (κ3) is 2.91. The van der Waals surface area contributed by atoms with Gasteiger partial charge in [0.05, 0.1) is 22.3 Å². The Bertz CT molecular complexity index is 583. The minimum absolute atomic E-state index is 0.188. The lowest BCUT2D eigenvalue weighted by molar-refractivity contribution is 0.0697. The van der Waals surface area contributed by atoms with Crippen molar-refractivity contribution in [3.05, 3.63) is 51.2 Å². The van der Waals surface area contributed by atoms with E-state index in [2.05, 4.69) is 13.0 Å². The van der Waals surface area contributed by atoms with Gasteiger partial charge in [-0.1, -0.05) is 17.7 Å². The van der Waals surface area contributed by atoms with Crippen molar-refractivity contribution in [2.24, 2.45) is 0 Å². The van der Waals surface area contributed by atoms with E-state index in [0.717, 1.165) is 5.69 Å². The molecule has 1 N–H and O–H groups in total. The molecule has 0 saturated carbocycles. The second-order valence-electron chi connectivity index (χ2n) is 4.27. The molecule has 0 fully saturated rings. The molecule has 0 aliphatic carbocycles. The van der Waals surface area contributed by atoms with E-state index in [1.807, 2.05) is 23.4 Å². The summed E-state index contributed by atoms with van der Waals surface area (Å²) in [5, 5.41) is 11.4. The zero-order valence-electron chi connectivity index (χ0n) is 10.6. The van der Waals surface area contributed by atoms with Crippen LogP contribution in [0.3, 0.4) is 0 Å². The van der Waals surface area contributed by atoms with Crippen molar-refractivity contribution in [3.63, 3.8) is 0 Å². The Morgan fingerprint density at radius 1 is 1.42 bits per heavy atom. The number of benzene rings is 1. The maximum Gasteiger partial charge on any atom is 0.335 e. The van der Waals surface area contributed by atoms with E-state index in [0.29, 0.717) is 5.02 Å². The Labute approximate surface area is 121 Å². The normalized spacial score (nSPS) is 12.2. The van der Waals surface area contributed by atoms with E-state index < -0.39 is 5.97 Å². The minimum Gasteiger partial charge on any atom is -0.478 e. The standard InChI is InChI=1S/C14H14ClNO2S/c1-9(13-4-3-7-19-13)16(2)12-6-5-10(14(17)18)8-11(12)15/h3-9H,1-2H3,(H,17,18). The first-order valence-corrected chi connectivity index (χ1v) is 7.05. The quantitative estimate of drug-likeness (QED) is 0.914. The van der Waals surface area contributed by atoms with Gasteiger partial charge in [0.25, 0.3) is 0 Å². The van der Waals surface area contributed by atoms with Crippen molar-refractivity contribution in [2.45, 2.75) is 13.0 Å². The number of hydrogen-bond acceptors (Lipinski definition) is 3. The molecular formula is C14H14ClNO2S. The number of nitrogens with zero attached hydrogens (tertiary/aromatic N) is 1. The summed E-state index contributed by atoms with van der Waals surface area (Å²) < 4.78 is 0. The fraction of sp³-hybridized carbons (Fsp3) is 0.214. The van der Waals surface area contributed by atoms with Gasteiger partial charge in [0, 0.05) is 11.9 Å². The van der Waals surface area contributed by atoms with Crippen LogP contribution < -0.4 is 4.90 Å². The van der Waals surface area contributed by atoms with Crippen molar-refractivity contribution in [2.75, 3.05) is 11.9 Å². The van der Waals surface area contributed by atoms with Crippen LogP contribution in [0.15, 0.2) is 35.7 Å². The molecule has 2 aromatic rings. The fourth-order valence-corrected chi connectivity index (χ4v) is 2.99. The number of hydrogen-bond donors (Lipinski definition) is 1. The summed E-state index contributed by atoms with van der Waals surface area (Å²) in [6.07, 6.45) is 0. The molecule has 1 heterocycles. The SMILES string of the molecule is CC(c1cccs1)N(C)c1ccc(C(=O)O)cc1Cl. The lowest BCUT2D eigenvalue weighted by Crippen LogP contribution is -2.21. The molecule has 1 aromatic carbocycles. The lowest BCUT2D eigenvalue weighted by Gasteiger charge is -2.27. The highest BCUT2D eigenvalue weighted by Crippen LogP contribution is 2.33. The number of carboxylic acids is 1. The maximum atomic E-state index is 10.9. The molecule has 0 amide bonds. The zero-order valence-corrected chi connectivity index (χ0v) is 12.2. The molecule has 1 atom stereocenters. The molecule has 19 heavy (non-hydrogen) atoms. The second kappa shape index (κ2) is 5.63. The first-order valence-electron chi connectivity index (χ1n) is 5.79. The van der Waals surface area contributed by atoms with E-state index in [1.54, 1.807) is 23.5 Å². The van der Waals surface area contributed by atoms with Crippen LogP contribution in [-0.2, 0) is 0 Å². The topological polar surface area (TPSA) is 40.5 Å². The van der Waals surface area contributed by atoms with Crippen LogP contribution >= 0.6 is 22.9 Å². The fourth-order valence-electron chi connectivity index (χ4n) is 1.85. The van der Waals surface area contributed by atoms with Crippen LogP contribution in [0.1, 0.15) is 28.2 Å². The summed E-state index contributed by atoms with van der Waals surface area (Å²) >= 11 is 7.86. The molecular weight excluding hydrogens is 282 g/mol. The number of halogens is 1. The molecule has 0 aliphatic heterocycles. The van der Waals surface area contributed by atoms with Crippen molar-refractivity contribution in [3.8, 4) is 0 Å². The second-order valence-corrected chi connectivity index (χ2v) is 5.66. The van der Waals surface area contributed by atoms with Gasteiger partial charge in [0.2, 0.25) is 0 Å². The number of carboxylic acid groups (broad SMARTS) is 1. The molecule has 0 spiro atoms. The number of carbonyl (C=O) groups is 1. The monoisotopic (exact) mass is 295 g/mol. The van der Waals surface area contributed by atoms with Crippen molar-refractivity contribution < 1.29 is 9.90 Å². The molecule has 2 rings (SSSR count). The van der Waals surface area contributed by atoms with E-state index in [9.17, 15) is 4.79 Å². The molecule has 0 saturated heterocycles. The van der Waals surface area contributed by atoms with E-state index >= 15 is 0 Å². The van der Waals surface area contributed by atoms with Crippen molar-refractivity contribution in [1.29, 1.82) is 0 Å². The molecule has 100 valence electrons. The van der Waals surface area contributed by atoms with Gasteiger partial charge in [-0.3, -0.25) is 0 Å². The van der Waals surface area contributed by atoms with Gasteiger partial charge in [-0.2, -0.15) is 0 Å². The van der Waals surface area contributed by atoms with Crippen LogP contribution in [0.2, 0.25) is 5.02 Å². The van der Waals surface area contributed by atoms with E-state index in [4.69, 9.17) is 16.7 Å². The first-order chi connectivity index (χ1) is 9.00. The van der Waals surface area contributed by atoms with Crippen LogP contribution in [0.25, 0.3) is 0 Å². The minimum atomic E-state index is -0.970. The van der Waals surface area contributed by atoms with Crippen molar-refractivity contribution in [1.82, 2.24) is 0 Å². The summed E-state index contributed by atoms with van der Waals surface area (Å²) in [7, 11) is 1.95.